The zero-order chi connectivity index (χ0) is 62.5. The predicted octanol–water partition coefficient (Wildman–Crippen LogP) is 13.9. The molecule has 0 unspecified atom stereocenters. The highest BCUT2D eigenvalue weighted by atomic mass is 14.9. The molecule has 6 heterocycles. The molecule has 9 aromatic rings. The molecule has 0 atom stereocenters. The molecular weight excluding hydrogens is 901 g/mol. The summed E-state index contributed by atoms with van der Waals surface area (Å²) in [6, 6.07) is 30.6. The van der Waals surface area contributed by atoms with Crippen molar-refractivity contribution in [1.82, 2.24) is 15.0 Å². The second kappa shape index (κ2) is 20.1. The van der Waals surface area contributed by atoms with Crippen LogP contribution in [0.1, 0.15) is 134 Å². The van der Waals surface area contributed by atoms with Crippen LogP contribution in [-0.4, -0.2) is 15.0 Å². The second-order valence-corrected chi connectivity index (χ2v) is 20.7. The molecule has 0 fully saturated rings. The highest BCUT2D eigenvalue weighted by Gasteiger charge is 2.31. The lowest BCUT2D eigenvalue weighted by molar-refractivity contribution is -0.661. The van der Waals surface area contributed by atoms with Crippen molar-refractivity contribution in [1.29, 1.82) is 0 Å². The van der Waals surface area contributed by atoms with Crippen molar-refractivity contribution in [2.45, 2.75) is 107 Å². The monoisotopic (exact) mass is 986 g/mol. The molecule has 0 N–H and O–H groups in total. The predicted molar refractivity (Wildman–Crippen MR) is 303 cm³/mol. The number of nitrogens with zero attached hydrogens (tertiary/aromatic N) is 6. The van der Waals surface area contributed by atoms with E-state index in [0.29, 0.717) is 17.5 Å². The summed E-state index contributed by atoms with van der Waals surface area (Å²) in [6.45, 7) is 8.38. The van der Waals surface area contributed by atoms with E-state index in [0.717, 1.165) is 97.1 Å². The molecule has 0 saturated carbocycles. The minimum absolute atomic E-state index is 0.0626. The molecule has 0 radical (unpaired) electrons. The van der Waals surface area contributed by atoms with Crippen LogP contribution < -0.4 is 13.7 Å². The fraction of sp³-hybridized carbons (Fsp3) is 0.294. The number of hydrogen-bond donors (Lipinski definition) is 0. The van der Waals surface area contributed by atoms with Crippen LogP contribution in [0.3, 0.4) is 0 Å². The SMILES string of the molecule is [2H]C([2H])([2H])c1c[n+](C)c(-c2c(C)ccc3c2Cc2ncccc2-3)cc1C.[2H]C([2H])([2H])c1c[n+](C)c(-c2c(C)ccc3c2Cc2ncccc2-3)cc1C([2H])(C)C.[2H]C([2H])([2H])c1c[n+](C)c(-c2c(C)ccc3c2Cc2ncccc2-3)cc1C([2H])([2H])C(C)C. The third-order valence-electron chi connectivity index (χ3n) is 14.9. The summed E-state index contributed by atoms with van der Waals surface area (Å²) in [7, 11) is 5.63. The zero-order valence-electron chi connectivity index (χ0n) is 56.5. The number of benzene rings is 3. The van der Waals surface area contributed by atoms with E-state index in [1.54, 1.807) is 58.5 Å². The normalized spacial score (nSPS) is 15.6. The largest absolute Gasteiger partial charge is 0.260 e. The maximum absolute atomic E-state index is 8.68. The molecule has 74 heavy (non-hydrogen) atoms. The van der Waals surface area contributed by atoms with Gasteiger partial charge in [0.2, 0.25) is 17.1 Å². The second-order valence-electron chi connectivity index (χ2n) is 20.7. The summed E-state index contributed by atoms with van der Waals surface area (Å²) in [4.78, 5) is 13.6. The van der Waals surface area contributed by atoms with Crippen molar-refractivity contribution in [3.63, 3.8) is 0 Å². The van der Waals surface area contributed by atoms with Gasteiger partial charge < -0.3 is 0 Å². The van der Waals surface area contributed by atoms with Gasteiger partial charge in [0.05, 0.1) is 33.8 Å². The van der Waals surface area contributed by atoms with Crippen LogP contribution in [0.4, 0.5) is 0 Å². The van der Waals surface area contributed by atoms with Crippen LogP contribution >= 0.6 is 0 Å². The number of pyridine rings is 6. The molecule has 3 aliphatic carbocycles. The van der Waals surface area contributed by atoms with Crippen LogP contribution in [0, 0.1) is 54.2 Å². The lowest BCUT2D eigenvalue weighted by atomic mass is 9.91. The summed E-state index contributed by atoms with van der Waals surface area (Å²) in [6.07, 6.45) is 11.0. The lowest BCUT2D eigenvalue weighted by Crippen LogP contribution is -2.32. The average Bonchev–Trinajstić information content (AvgIpc) is 1.57. The zero-order valence-corrected chi connectivity index (χ0v) is 44.5. The van der Waals surface area contributed by atoms with Crippen molar-refractivity contribution in [2.24, 2.45) is 27.1 Å². The molecule has 0 amide bonds. The Kier molecular flexibility index (Phi) is 10.1. The first kappa shape index (κ1) is 37.3. The molecule has 6 aromatic heterocycles. The highest BCUT2D eigenvalue weighted by molar-refractivity contribution is 5.86. The topological polar surface area (TPSA) is 50.3 Å². The van der Waals surface area contributed by atoms with Crippen LogP contribution in [0.25, 0.3) is 67.2 Å². The smallest absolute Gasteiger partial charge is 0.213 e. The Morgan fingerprint density at radius 3 is 1.27 bits per heavy atom. The molecule has 372 valence electrons. The molecule has 0 saturated heterocycles. The van der Waals surface area contributed by atoms with E-state index in [2.05, 4.69) is 83.4 Å². The molecule has 12 rings (SSSR count). The van der Waals surface area contributed by atoms with Gasteiger partial charge in [0.1, 0.15) is 21.1 Å². The van der Waals surface area contributed by atoms with E-state index >= 15 is 0 Å². The minimum Gasteiger partial charge on any atom is -0.260 e. The number of hydrogen-bond acceptors (Lipinski definition) is 3. The van der Waals surface area contributed by atoms with Crippen molar-refractivity contribution in [3.05, 3.63) is 212 Å². The van der Waals surface area contributed by atoms with Gasteiger partial charge in [-0.3, -0.25) is 15.0 Å². The van der Waals surface area contributed by atoms with E-state index in [-0.39, 0.29) is 22.6 Å². The van der Waals surface area contributed by atoms with Gasteiger partial charge in [0, 0.05) is 106 Å². The first-order valence-corrected chi connectivity index (χ1v) is 25.5. The molecular formula is C68H73N6+3. The molecule has 3 aromatic carbocycles. The van der Waals surface area contributed by atoms with Crippen LogP contribution in [0.5, 0.6) is 0 Å². The Hall–Kier alpha value is -7.44. The van der Waals surface area contributed by atoms with Gasteiger partial charge >= 0.3 is 0 Å². The third kappa shape index (κ3) is 9.18. The average molecular weight is 986 g/mol. The van der Waals surface area contributed by atoms with E-state index in [9.17, 15) is 0 Å². The highest BCUT2D eigenvalue weighted by Crippen LogP contribution is 2.45. The third-order valence-corrected chi connectivity index (χ3v) is 14.9. The van der Waals surface area contributed by atoms with Crippen LogP contribution in [-0.2, 0) is 46.8 Å². The summed E-state index contributed by atoms with van der Waals surface area (Å²) in [5, 5.41) is 0. The molecule has 0 bridgehead atoms. The van der Waals surface area contributed by atoms with Crippen LogP contribution in [0.15, 0.2) is 128 Å². The fourth-order valence-electron chi connectivity index (χ4n) is 11.3. The van der Waals surface area contributed by atoms with E-state index < -0.39 is 32.8 Å². The van der Waals surface area contributed by atoms with E-state index in [4.69, 9.17) is 16.4 Å². The number of fused-ring (bicyclic) bond motifs is 9. The Balaban J connectivity index is 0.000000144. The van der Waals surface area contributed by atoms with Crippen molar-refractivity contribution in [2.75, 3.05) is 0 Å². The van der Waals surface area contributed by atoms with Crippen LogP contribution in [0.2, 0.25) is 0 Å². The van der Waals surface area contributed by atoms with Gasteiger partial charge in [-0.1, -0.05) is 82.3 Å². The summed E-state index contributed by atoms with van der Waals surface area (Å²) in [5.74, 6) is -1.39. The molecule has 0 aliphatic heterocycles. The van der Waals surface area contributed by atoms with Gasteiger partial charge in [0.25, 0.3) is 0 Å². The Morgan fingerprint density at radius 2 is 0.865 bits per heavy atom. The van der Waals surface area contributed by atoms with Gasteiger partial charge in [-0.15, -0.1) is 0 Å². The first-order valence-electron chi connectivity index (χ1n) is 31.5. The maximum Gasteiger partial charge on any atom is 0.213 e. The standard InChI is InChI=1S/C24H27N2.C23H25N2.C21H21N2/c1-15(2)11-18-12-23(26(5)14-17(18)4)24-16(3)8-9-19-20-7-6-10-25-22(20)13-21(19)24;1-14(2)19-12-22(25(5)13-16(19)4)23-15(3)8-9-17-18-7-6-10-24-21(18)11-20(17)23;1-13-7-8-16-17-6-5-9-22-19(17)11-18(16)21(13)20-10-14(2)15(3)12-23(20)4/h6-10,12,14-15H,11,13H2,1-5H3;6-10,12-14H,11H2,1-5H3;5-10,12H,11H2,1-4H3/q3*+1/i4D3,11D2;4D3,14D;3D3. The molecule has 6 nitrogen and oxygen atoms in total. The van der Waals surface area contributed by atoms with E-state index in [1.807, 2.05) is 91.4 Å². The summed E-state index contributed by atoms with van der Waals surface area (Å²) < 4.78 is 103. The fourth-order valence-corrected chi connectivity index (χ4v) is 11.3. The first-order chi connectivity index (χ1) is 40.2. The maximum atomic E-state index is 8.68. The number of rotatable bonds is 6. The van der Waals surface area contributed by atoms with Gasteiger partial charge in [-0.25, -0.2) is 13.7 Å². The van der Waals surface area contributed by atoms with E-state index in [1.165, 1.54) is 38.9 Å². The molecule has 3 aliphatic rings. The summed E-state index contributed by atoms with van der Waals surface area (Å²) >= 11 is 0. The molecule has 6 heteroatoms. The van der Waals surface area contributed by atoms with Gasteiger partial charge in [-0.2, -0.15) is 0 Å². The lowest BCUT2D eigenvalue weighted by Gasteiger charge is -2.14. The van der Waals surface area contributed by atoms with Crippen molar-refractivity contribution < 1.29 is 30.2 Å². The molecule has 0 spiro atoms. The number of aromatic nitrogens is 6. The number of aryl methyl sites for hydroxylation is 10. The Morgan fingerprint density at radius 1 is 0.473 bits per heavy atom. The Bertz CT molecular complexity index is 4190. The quantitative estimate of drug-likeness (QED) is 0.156. The van der Waals surface area contributed by atoms with Crippen molar-refractivity contribution >= 4 is 0 Å². The summed E-state index contributed by atoms with van der Waals surface area (Å²) in [5.41, 5.74) is 25.6. The van der Waals surface area contributed by atoms with Gasteiger partial charge in [-0.05, 0) is 151 Å². The van der Waals surface area contributed by atoms with Crippen molar-refractivity contribution in [3.8, 4) is 67.2 Å². The van der Waals surface area contributed by atoms with Gasteiger partial charge in [0.15, 0.2) is 18.6 Å². The minimum atomic E-state index is -2.40. The Labute approximate surface area is 457 Å².